The summed E-state index contributed by atoms with van der Waals surface area (Å²) in [7, 11) is 0. The van der Waals surface area contributed by atoms with E-state index >= 15 is 0 Å². The van der Waals surface area contributed by atoms with Crippen LogP contribution in [0.15, 0.2) is 29.8 Å². The van der Waals surface area contributed by atoms with Gasteiger partial charge < -0.3 is 10.2 Å². The molecule has 0 radical (unpaired) electrons. The molecule has 7 heteroatoms. The van der Waals surface area contributed by atoms with Gasteiger partial charge in [-0.25, -0.2) is 0 Å². The average Bonchev–Trinajstić information content (AvgIpc) is 3.29. The zero-order valence-electron chi connectivity index (χ0n) is 14.5. The third kappa shape index (κ3) is 4.48. The van der Waals surface area contributed by atoms with Crippen molar-refractivity contribution in [1.29, 1.82) is 0 Å². The molecule has 1 aliphatic heterocycles. The van der Waals surface area contributed by atoms with Crippen LogP contribution < -0.4 is 5.32 Å². The Balaban J connectivity index is 1.61. The summed E-state index contributed by atoms with van der Waals surface area (Å²) < 4.78 is 1.90. The summed E-state index contributed by atoms with van der Waals surface area (Å²) in [5.74, 6) is 0.154. The minimum absolute atomic E-state index is 0.0114. The van der Waals surface area contributed by atoms with Gasteiger partial charge in [0.05, 0.1) is 31.2 Å². The lowest BCUT2D eigenvalue weighted by molar-refractivity contribution is -0.134. The summed E-state index contributed by atoms with van der Waals surface area (Å²) in [5, 5.41) is 9.32. The second kappa shape index (κ2) is 8.29. The fourth-order valence-corrected chi connectivity index (χ4v) is 3.74. The topological polar surface area (TPSA) is 67.2 Å². The molecule has 2 amide bonds. The molecule has 0 bridgehead atoms. The van der Waals surface area contributed by atoms with E-state index in [0.29, 0.717) is 32.5 Å². The third-order valence-corrected chi connectivity index (χ3v) is 5.32. The Morgan fingerprint density at radius 3 is 3.04 bits per heavy atom. The predicted octanol–water partition coefficient (Wildman–Crippen LogP) is 2.72. The molecule has 0 aromatic carbocycles. The highest BCUT2D eigenvalue weighted by atomic mass is 32.1. The highest BCUT2D eigenvalue weighted by Gasteiger charge is 2.29. The highest BCUT2D eigenvalue weighted by molar-refractivity contribution is 7.09. The minimum atomic E-state index is -0.104. The first-order chi connectivity index (χ1) is 12.2. The van der Waals surface area contributed by atoms with E-state index in [1.54, 1.807) is 17.5 Å². The minimum Gasteiger partial charge on any atom is -0.351 e. The van der Waals surface area contributed by atoms with E-state index in [4.69, 9.17) is 0 Å². The van der Waals surface area contributed by atoms with Gasteiger partial charge in [0.15, 0.2) is 0 Å². The van der Waals surface area contributed by atoms with Crippen LogP contribution in [0.25, 0.3) is 0 Å². The summed E-state index contributed by atoms with van der Waals surface area (Å²) in [6.07, 6.45) is 4.55. The molecule has 25 heavy (non-hydrogen) atoms. The lowest BCUT2D eigenvalue weighted by Gasteiger charge is -2.33. The average molecular weight is 360 g/mol. The quantitative estimate of drug-likeness (QED) is 0.825. The first-order valence-corrected chi connectivity index (χ1v) is 9.64. The molecule has 134 valence electrons. The summed E-state index contributed by atoms with van der Waals surface area (Å²) >= 11 is 1.63. The SMILES string of the molecule is CCCCC(=O)N1Cc2ccnn2C(CC(=O)NCc2cccs2)C1. The number of carbonyl (C=O) groups is 2. The molecule has 1 aliphatic rings. The molecular weight excluding hydrogens is 336 g/mol. The highest BCUT2D eigenvalue weighted by Crippen LogP contribution is 2.24. The van der Waals surface area contributed by atoms with Crippen LogP contribution in [0, 0.1) is 0 Å². The van der Waals surface area contributed by atoms with Crippen molar-refractivity contribution in [3.63, 3.8) is 0 Å². The molecule has 0 aliphatic carbocycles. The van der Waals surface area contributed by atoms with Crippen LogP contribution in [0.4, 0.5) is 0 Å². The van der Waals surface area contributed by atoms with Crippen LogP contribution in [-0.4, -0.2) is 33.0 Å². The maximum atomic E-state index is 12.4. The van der Waals surface area contributed by atoms with E-state index in [-0.39, 0.29) is 17.9 Å². The van der Waals surface area contributed by atoms with Gasteiger partial charge in [0.2, 0.25) is 11.8 Å². The van der Waals surface area contributed by atoms with Crippen LogP contribution in [0.1, 0.15) is 49.2 Å². The van der Waals surface area contributed by atoms with E-state index < -0.39 is 0 Å². The van der Waals surface area contributed by atoms with Gasteiger partial charge in [-0.2, -0.15) is 5.10 Å². The van der Waals surface area contributed by atoms with Gasteiger partial charge in [-0.15, -0.1) is 11.3 Å². The van der Waals surface area contributed by atoms with E-state index in [0.717, 1.165) is 23.4 Å². The standard InChI is InChI=1S/C18H24N4O2S/c1-2-3-6-18(24)21-12-14-7-8-20-22(14)15(13-21)10-17(23)19-11-16-5-4-9-25-16/h4-5,7-9,15H,2-3,6,10-13H2,1H3,(H,19,23). The molecule has 6 nitrogen and oxygen atoms in total. The van der Waals surface area contributed by atoms with Crippen molar-refractivity contribution >= 4 is 23.2 Å². The molecule has 2 aromatic rings. The predicted molar refractivity (Wildman–Crippen MR) is 97.0 cm³/mol. The van der Waals surface area contributed by atoms with Crippen molar-refractivity contribution in [2.45, 2.75) is 51.7 Å². The smallest absolute Gasteiger partial charge is 0.222 e. The summed E-state index contributed by atoms with van der Waals surface area (Å²) in [6.45, 7) is 3.76. The summed E-state index contributed by atoms with van der Waals surface area (Å²) in [4.78, 5) is 27.7. The number of rotatable bonds is 7. The van der Waals surface area contributed by atoms with Gasteiger partial charge in [-0.05, 0) is 23.9 Å². The van der Waals surface area contributed by atoms with E-state index in [9.17, 15) is 9.59 Å². The van der Waals surface area contributed by atoms with E-state index in [1.165, 1.54) is 0 Å². The molecule has 0 saturated heterocycles. The molecule has 1 N–H and O–H groups in total. The van der Waals surface area contributed by atoms with Gasteiger partial charge in [0.1, 0.15) is 0 Å². The van der Waals surface area contributed by atoms with Crippen molar-refractivity contribution in [2.24, 2.45) is 0 Å². The Morgan fingerprint density at radius 2 is 2.28 bits per heavy atom. The summed E-state index contributed by atoms with van der Waals surface area (Å²) in [5.41, 5.74) is 0.993. The van der Waals surface area contributed by atoms with Crippen molar-refractivity contribution < 1.29 is 9.59 Å². The number of nitrogens with zero attached hydrogens (tertiary/aromatic N) is 3. The Labute approximate surface area is 151 Å². The Morgan fingerprint density at radius 1 is 1.40 bits per heavy atom. The first kappa shape index (κ1) is 17.7. The van der Waals surface area contributed by atoms with E-state index in [1.807, 2.05) is 33.2 Å². The molecule has 1 atom stereocenters. The van der Waals surface area contributed by atoms with Crippen LogP contribution in [-0.2, 0) is 22.7 Å². The molecule has 0 spiro atoms. The number of unbranched alkanes of at least 4 members (excludes halogenated alkanes) is 1. The largest absolute Gasteiger partial charge is 0.351 e. The zero-order chi connectivity index (χ0) is 17.6. The lowest BCUT2D eigenvalue weighted by Crippen LogP contribution is -2.42. The second-order valence-corrected chi connectivity index (χ2v) is 7.39. The maximum absolute atomic E-state index is 12.4. The van der Waals surface area contributed by atoms with Crippen LogP contribution in [0.3, 0.4) is 0 Å². The normalized spacial score (nSPS) is 16.5. The van der Waals surface area contributed by atoms with Gasteiger partial charge in [0.25, 0.3) is 0 Å². The number of aromatic nitrogens is 2. The van der Waals surface area contributed by atoms with Crippen molar-refractivity contribution in [2.75, 3.05) is 6.54 Å². The molecule has 3 rings (SSSR count). The number of hydrogen-bond acceptors (Lipinski definition) is 4. The van der Waals surface area contributed by atoms with Gasteiger partial charge >= 0.3 is 0 Å². The number of hydrogen-bond donors (Lipinski definition) is 1. The third-order valence-electron chi connectivity index (χ3n) is 4.44. The fourth-order valence-electron chi connectivity index (χ4n) is 3.10. The fraction of sp³-hybridized carbons (Fsp3) is 0.500. The Hall–Kier alpha value is -2.15. The lowest BCUT2D eigenvalue weighted by atomic mass is 10.1. The molecule has 1 unspecified atom stereocenters. The molecule has 0 saturated carbocycles. The van der Waals surface area contributed by atoms with Gasteiger partial charge in [-0.3, -0.25) is 14.3 Å². The van der Waals surface area contributed by atoms with Crippen molar-refractivity contribution in [3.8, 4) is 0 Å². The number of nitrogens with one attached hydrogen (secondary N) is 1. The molecule has 2 aromatic heterocycles. The van der Waals surface area contributed by atoms with Crippen molar-refractivity contribution in [1.82, 2.24) is 20.0 Å². The van der Waals surface area contributed by atoms with E-state index in [2.05, 4.69) is 17.3 Å². The number of carbonyl (C=O) groups excluding carboxylic acids is 2. The summed E-state index contributed by atoms with van der Waals surface area (Å²) in [6, 6.07) is 5.80. The zero-order valence-corrected chi connectivity index (χ0v) is 15.3. The monoisotopic (exact) mass is 360 g/mol. The van der Waals surface area contributed by atoms with Gasteiger partial charge in [-0.1, -0.05) is 19.4 Å². The Bertz CT molecular complexity index is 710. The Kier molecular flexibility index (Phi) is 5.86. The van der Waals surface area contributed by atoms with Gasteiger partial charge in [0, 0.05) is 24.0 Å². The molecule has 0 fully saturated rings. The first-order valence-electron chi connectivity index (χ1n) is 8.76. The molecular formula is C18H24N4O2S. The van der Waals surface area contributed by atoms with Crippen LogP contribution >= 0.6 is 11.3 Å². The maximum Gasteiger partial charge on any atom is 0.222 e. The number of amides is 2. The molecule has 3 heterocycles. The van der Waals surface area contributed by atoms with Crippen molar-refractivity contribution in [3.05, 3.63) is 40.3 Å². The van der Waals surface area contributed by atoms with Crippen LogP contribution in [0.5, 0.6) is 0 Å². The second-order valence-electron chi connectivity index (χ2n) is 6.36. The number of fused-ring (bicyclic) bond motifs is 1. The number of thiophene rings is 1. The van der Waals surface area contributed by atoms with Crippen LogP contribution in [0.2, 0.25) is 0 Å².